The Bertz CT molecular complexity index is 925. The Kier molecular flexibility index (Phi) is 6.01. The molecule has 0 spiro atoms. The number of amides is 1. The van der Waals surface area contributed by atoms with Gasteiger partial charge in [0.1, 0.15) is 6.54 Å². The standard InChI is InChI=1S/C23H31N3O3/c1-17-14-22(27)26(21-8-4-3-7-20(17)21)16-23(28)25(15-19-6-5-13-29-19)18-9-11-24(2)12-10-18/h3-4,7-8,14,18-19H,5-6,9-13,15-16H2,1-2H3/t19-/m1/s1. The van der Waals surface area contributed by atoms with Gasteiger partial charge in [0, 0.05) is 30.6 Å². The number of likely N-dealkylation sites (tertiary alicyclic amines) is 1. The Labute approximate surface area is 172 Å². The van der Waals surface area contributed by atoms with Crippen LogP contribution < -0.4 is 5.56 Å². The minimum atomic E-state index is -0.116. The summed E-state index contributed by atoms with van der Waals surface area (Å²) in [5.74, 6) is 0.0196. The molecule has 1 atom stereocenters. The molecular formula is C23H31N3O3. The molecule has 0 saturated carbocycles. The van der Waals surface area contributed by atoms with E-state index in [-0.39, 0.29) is 30.2 Å². The number of ether oxygens (including phenoxy) is 1. The van der Waals surface area contributed by atoms with E-state index >= 15 is 0 Å². The van der Waals surface area contributed by atoms with Crippen molar-refractivity contribution in [2.45, 2.75) is 51.3 Å². The number of nitrogens with zero attached hydrogens (tertiary/aromatic N) is 3. The van der Waals surface area contributed by atoms with Gasteiger partial charge in [0.2, 0.25) is 5.91 Å². The van der Waals surface area contributed by atoms with Gasteiger partial charge < -0.3 is 14.5 Å². The number of carbonyl (C=O) groups is 1. The van der Waals surface area contributed by atoms with E-state index in [1.54, 1.807) is 10.6 Å². The number of piperidine rings is 1. The monoisotopic (exact) mass is 397 g/mol. The number of hydrogen-bond acceptors (Lipinski definition) is 4. The van der Waals surface area contributed by atoms with Gasteiger partial charge in [-0.1, -0.05) is 18.2 Å². The molecule has 3 heterocycles. The van der Waals surface area contributed by atoms with E-state index in [1.165, 1.54) is 0 Å². The van der Waals surface area contributed by atoms with E-state index in [4.69, 9.17) is 4.74 Å². The summed E-state index contributed by atoms with van der Waals surface area (Å²) in [6.07, 6.45) is 4.12. The van der Waals surface area contributed by atoms with Gasteiger partial charge in [-0.25, -0.2) is 0 Å². The van der Waals surface area contributed by atoms with Crippen LogP contribution in [0.1, 0.15) is 31.2 Å². The van der Waals surface area contributed by atoms with E-state index in [0.29, 0.717) is 6.54 Å². The smallest absolute Gasteiger partial charge is 0.251 e. The lowest BCUT2D eigenvalue weighted by atomic mass is 10.0. The van der Waals surface area contributed by atoms with Crippen LogP contribution in [0.3, 0.4) is 0 Å². The maximum Gasteiger partial charge on any atom is 0.251 e. The third-order valence-electron chi connectivity index (χ3n) is 6.39. The Morgan fingerprint density at radius 2 is 1.97 bits per heavy atom. The highest BCUT2D eigenvalue weighted by Gasteiger charge is 2.30. The molecule has 2 saturated heterocycles. The number of fused-ring (bicyclic) bond motifs is 1. The van der Waals surface area contributed by atoms with Gasteiger partial charge in [-0.05, 0) is 64.4 Å². The fourth-order valence-corrected chi connectivity index (χ4v) is 4.66. The number of carbonyl (C=O) groups excluding carboxylic acids is 1. The first-order chi connectivity index (χ1) is 14.0. The van der Waals surface area contributed by atoms with Gasteiger partial charge in [0.15, 0.2) is 0 Å². The molecule has 6 heteroatoms. The molecule has 2 aromatic rings. The van der Waals surface area contributed by atoms with Crippen molar-refractivity contribution >= 4 is 16.8 Å². The average Bonchev–Trinajstić information content (AvgIpc) is 3.23. The first-order valence-corrected chi connectivity index (χ1v) is 10.7. The lowest BCUT2D eigenvalue weighted by Crippen LogP contribution is -2.50. The Hall–Kier alpha value is -2.18. The van der Waals surface area contributed by atoms with Crippen LogP contribution in [0, 0.1) is 6.92 Å². The molecule has 1 aromatic carbocycles. The number of pyridine rings is 1. The van der Waals surface area contributed by atoms with Gasteiger partial charge in [-0.2, -0.15) is 0 Å². The molecule has 0 aliphatic carbocycles. The van der Waals surface area contributed by atoms with Crippen molar-refractivity contribution in [1.29, 1.82) is 0 Å². The Balaban J connectivity index is 1.61. The van der Waals surface area contributed by atoms with E-state index in [2.05, 4.69) is 11.9 Å². The summed E-state index contributed by atoms with van der Waals surface area (Å²) in [6.45, 7) is 5.42. The van der Waals surface area contributed by atoms with Crippen molar-refractivity contribution in [1.82, 2.24) is 14.4 Å². The number of rotatable bonds is 5. The van der Waals surface area contributed by atoms with Gasteiger partial charge in [0.25, 0.3) is 5.56 Å². The lowest BCUT2D eigenvalue weighted by Gasteiger charge is -2.38. The van der Waals surface area contributed by atoms with Gasteiger partial charge >= 0.3 is 0 Å². The van der Waals surface area contributed by atoms with E-state index < -0.39 is 0 Å². The van der Waals surface area contributed by atoms with Crippen LogP contribution in [0.25, 0.3) is 10.9 Å². The SMILES string of the molecule is Cc1cc(=O)n(CC(=O)N(C[C@H]2CCCO2)C2CCN(C)CC2)c2ccccc12. The summed E-state index contributed by atoms with van der Waals surface area (Å²) in [7, 11) is 2.13. The van der Waals surface area contributed by atoms with Crippen molar-refractivity contribution in [3.63, 3.8) is 0 Å². The van der Waals surface area contributed by atoms with E-state index in [9.17, 15) is 9.59 Å². The first kappa shape index (κ1) is 20.1. The van der Waals surface area contributed by atoms with Gasteiger partial charge in [-0.3, -0.25) is 14.2 Å². The van der Waals surface area contributed by atoms with Crippen LogP contribution in [0.4, 0.5) is 0 Å². The maximum absolute atomic E-state index is 13.5. The molecule has 0 unspecified atom stereocenters. The summed E-state index contributed by atoms with van der Waals surface area (Å²) >= 11 is 0. The summed E-state index contributed by atoms with van der Waals surface area (Å²) in [6, 6.07) is 9.67. The van der Waals surface area contributed by atoms with Crippen LogP contribution in [-0.4, -0.2) is 65.7 Å². The molecule has 0 N–H and O–H groups in total. The molecule has 6 nitrogen and oxygen atoms in total. The van der Waals surface area contributed by atoms with E-state index in [1.807, 2.05) is 36.1 Å². The number of aryl methyl sites for hydroxylation is 1. The highest BCUT2D eigenvalue weighted by atomic mass is 16.5. The zero-order chi connectivity index (χ0) is 20.4. The fraction of sp³-hybridized carbons (Fsp3) is 0.565. The van der Waals surface area contributed by atoms with Crippen molar-refractivity contribution < 1.29 is 9.53 Å². The molecule has 0 radical (unpaired) electrons. The minimum Gasteiger partial charge on any atom is -0.376 e. The van der Waals surface area contributed by atoms with Crippen molar-refractivity contribution in [2.24, 2.45) is 0 Å². The number of benzene rings is 1. The quantitative estimate of drug-likeness (QED) is 0.778. The topological polar surface area (TPSA) is 54.8 Å². The minimum absolute atomic E-state index is 0.0196. The van der Waals surface area contributed by atoms with Crippen LogP contribution in [0.5, 0.6) is 0 Å². The zero-order valence-corrected chi connectivity index (χ0v) is 17.5. The molecule has 2 aliphatic rings. The third kappa shape index (κ3) is 4.38. The number of aromatic nitrogens is 1. The van der Waals surface area contributed by atoms with Gasteiger partial charge in [-0.15, -0.1) is 0 Å². The third-order valence-corrected chi connectivity index (χ3v) is 6.39. The zero-order valence-electron chi connectivity index (χ0n) is 17.5. The molecule has 156 valence electrons. The van der Waals surface area contributed by atoms with Crippen LogP contribution in [0.2, 0.25) is 0 Å². The van der Waals surface area contributed by atoms with Crippen LogP contribution in [0.15, 0.2) is 35.1 Å². The predicted octanol–water partition coefficient (Wildman–Crippen LogP) is 2.41. The first-order valence-electron chi connectivity index (χ1n) is 10.7. The summed E-state index contributed by atoms with van der Waals surface area (Å²) < 4.78 is 7.46. The van der Waals surface area contributed by atoms with Crippen LogP contribution >= 0.6 is 0 Å². The molecule has 29 heavy (non-hydrogen) atoms. The number of hydrogen-bond donors (Lipinski definition) is 0. The Morgan fingerprint density at radius 3 is 2.69 bits per heavy atom. The lowest BCUT2D eigenvalue weighted by molar-refractivity contribution is -0.137. The molecule has 2 aliphatic heterocycles. The van der Waals surface area contributed by atoms with Crippen LogP contribution in [-0.2, 0) is 16.1 Å². The van der Waals surface area contributed by atoms with Crippen molar-refractivity contribution in [2.75, 3.05) is 33.3 Å². The highest BCUT2D eigenvalue weighted by Crippen LogP contribution is 2.22. The van der Waals surface area contributed by atoms with Crippen molar-refractivity contribution in [3.05, 3.63) is 46.2 Å². The summed E-state index contributed by atoms with van der Waals surface area (Å²) in [5, 5.41) is 1.02. The highest BCUT2D eigenvalue weighted by molar-refractivity contribution is 5.84. The molecular weight excluding hydrogens is 366 g/mol. The second-order valence-corrected chi connectivity index (χ2v) is 8.48. The van der Waals surface area contributed by atoms with E-state index in [0.717, 1.165) is 61.8 Å². The predicted molar refractivity (Wildman–Crippen MR) is 114 cm³/mol. The molecule has 1 amide bonds. The Morgan fingerprint density at radius 1 is 1.21 bits per heavy atom. The largest absolute Gasteiger partial charge is 0.376 e. The second-order valence-electron chi connectivity index (χ2n) is 8.48. The summed E-state index contributed by atoms with van der Waals surface area (Å²) in [5.41, 5.74) is 1.65. The number of para-hydroxylation sites is 1. The maximum atomic E-state index is 13.5. The normalized spacial score (nSPS) is 21.0. The molecule has 1 aromatic heterocycles. The van der Waals surface area contributed by atoms with Gasteiger partial charge in [0.05, 0.1) is 11.6 Å². The van der Waals surface area contributed by atoms with Crippen molar-refractivity contribution in [3.8, 4) is 0 Å². The molecule has 0 bridgehead atoms. The molecule has 2 fully saturated rings. The average molecular weight is 398 g/mol. The molecule has 4 rings (SSSR count). The second kappa shape index (κ2) is 8.67. The fourth-order valence-electron chi connectivity index (χ4n) is 4.66. The summed E-state index contributed by atoms with van der Waals surface area (Å²) in [4.78, 5) is 30.5.